The van der Waals surface area contributed by atoms with E-state index in [1.54, 1.807) is 0 Å². The molecular formula is C7H8FNO4S. The molecule has 1 rings (SSSR count). The zero-order valence-corrected chi connectivity index (χ0v) is 7.74. The van der Waals surface area contributed by atoms with Gasteiger partial charge in [-0.3, -0.25) is 4.79 Å². The van der Waals surface area contributed by atoms with Crippen LogP contribution in [0.1, 0.15) is 0 Å². The Kier molecular flexibility index (Phi) is 4.74. The zero-order chi connectivity index (χ0) is 11.2. The second kappa shape index (κ2) is 5.30. The molecule has 3 N–H and O–H groups in total. The Balaban J connectivity index is 0.000000500. The highest BCUT2D eigenvalue weighted by Crippen LogP contribution is 2.10. The van der Waals surface area contributed by atoms with Gasteiger partial charge in [0.15, 0.2) is 0 Å². The third kappa shape index (κ3) is 3.97. The normalized spacial score (nSPS) is 9.86. The van der Waals surface area contributed by atoms with Crippen molar-refractivity contribution in [2.24, 2.45) is 5.14 Å². The number of sulfonamides is 1. The number of benzene rings is 1. The van der Waals surface area contributed by atoms with Gasteiger partial charge < -0.3 is 5.11 Å². The minimum absolute atomic E-state index is 0.250. The lowest BCUT2D eigenvalue weighted by molar-refractivity contribution is -0.122. The van der Waals surface area contributed by atoms with E-state index in [1.807, 2.05) is 0 Å². The summed E-state index contributed by atoms with van der Waals surface area (Å²) in [6.45, 7) is -0.250. The molecule has 0 fully saturated rings. The molecule has 0 aliphatic carbocycles. The molecule has 78 valence electrons. The van der Waals surface area contributed by atoms with Crippen molar-refractivity contribution < 1.29 is 22.7 Å². The van der Waals surface area contributed by atoms with Crippen molar-refractivity contribution in [2.75, 3.05) is 0 Å². The van der Waals surface area contributed by atoms with E-state index < -0.39 is 20.7 Å². The molecule has 0 aliphatic rings. The molecule has 0 aliphatic heterocycles. The van der Waals surface area contributed by atoms with Crippen molar-refractivity contribution in [3.8, 4) is 0 Å². The molecule has 0 spiro atoms. The van der Waals surface area contributed by atoms with E-state index in [1.165, 1.54) is 12.1 Å². The maximum absolute atomic E-state index is 12.6. The molecule has 7 heteroatoms. The number of carbonyl (C=O) groups is 1. The van der Waals surface area contributed by atoms with Crippen LogP contribution in [0.5, 0.6) is 0 Å². The molecule has 0 saturated heterocycles. The van der Waals surface area contributed by atoms with Gasteiger partial charge >= 0.3 is 0 Å². The van der Waals surface area contributed by atoms with Crippen molar-refractivity contribution in [1.29, 1.82) is 0 Å². The van der Waals surface area contributed by atoms with Crippen molar-refractivity contribution in [3.05, 3.63) is 30.1 Å². The summed E-state index contributed by atoms with van der Waals surface area (Å²) < 4.78 is 33.8. The van der Waals surface area contributed by atoms with Crippen molar-refractivity contribution in [3.63, 3.8) is 0 Å². The third-order valence-corrected chi connectivity index (χ3v) is 2.09. The largest absolute Gasteiger partial charge is 0.483 e. The predicted octanol–water partition coefficient (Wildman–Crippen LogP) is 0.174. The van der Waals surface area contributed by atoms with Gasteiger partial charge in [-0.05, 0) is 12.1 Å². The number of halogens is 1. The van der Waals surface area contributed by atoms with Crippen molar-refractivity contribution in [1.82, 2.24) is 0 Å². The standard InChI is InChI=1S/C6H6FNO2S.CH2O2/c7-5-3-1-2-4-6(5)11(8,9)10;2-1-3/h1-4H,(H2,8,9,10);1H,(H,2,3). The minimum Gasteiger partial charge on any atom is -0.483 e. The second-order valence-electron chi connectivity index (χ2n) is 2.08. The van der Waals surface area contributed by atoms with Crippen LogP contribution in [0.2, 0.25) is 0 Å². The summed E-state index contributed by atoms with van der Waals surface area (Å²) in [4.78, 5) is 7.89. The Morgan fingerprint density at radius 1 is 1.36 bits per heavy atom. The fraction of sp³-hybridized carbons (Fsp3) is 0. The summed E-state index contributed by atoms with van der Waals surface area (Å²) in [6.07, 6.45) is 0. The first kappa shape index (κ1) is 12.5. The van der Waals surface area contributed by atoms with Gasteiger partial charge in [0.25, 0.3) is 6.47 Å². The minimum atomic E-state index is -3.91. The maximum Gasteiger partial charge on any atom is 0.290 e. The van der Waals surface area contributed by atoms with Crippen LogP contribution in [0.15, 0.2) is 29.2 Å². The lowest BCUT2D eigenvalue weighted by Gasteiger charge is -1.97. The monoisotopic (exact) mass is 221 g/mol. The van der Waals surface area contributed by atoms with Gasteiger partial charge in [0.05, 0.1) is 0 Å². The predicted molar refractivity (Wildman–Crippen MR) is 46.5 cm³/mol. The SMILES string of the molecule is NS(=O)(=O)c1ccccc1F.O=CO. The first-order valence-corrected chi connectivity index (χ1v) is 4.83. The van der Waals surface area contributed by atoms with Gasteiger partial charge in [-0.15, -0.1) is 0 Å². The van der Waals surface area contributed by atoms with E-state index in [2.05, 4.69) is 5.14 Å². The molecule has 0 radical (unpaired) electrons. The highest BCUT2D eigenvalue weighted by Gasteiger charge is 2.11. The van der Waals surface area contributed by atoms with E-state index in [9.17, 15) is 12.8 Å². The molecule has 0 heterocycles. The number of primary sulfonamides is 1. The summed E-state index contributed by atoms with van der Waals surface area (Å²) in [6, 6.07) is 4.96. The maximum atomic E-state index is 12.6. The first-order chi connectivity index (χ1) is 6.43. The van der Waals surface area contributed by atoms with E-state index in [-0.39, 0.29) is 6.47 Å². The summed E-state index contributed by atoms with van der Waals surface area (Å²) >= 11 is 0. The van der Waals surface area contributed by atoms with Crippen LogP contribution in [-0.2, 0) is 14.8 Å². The van der Waals surface area contributed by atoms with Gasteiger partial charge in [-0.25, -0.2) is 17.9 Å². The Labute approximate surface area is 80.0 Å². The topological polar surface area (TPSA) is 97.5 Å². The highest BCUT2D eigenvalue weighted by atomic mass is 32.2. The number of nitrogens with two attached hydrogens (primary N) is 1. The molecule has 5 nitrogen and oxygen atoms in total. The lowest BCUT2D eigenvalue weighted by Crippen LogP contribution is -2.13. The Morgan fingerprint density at radius 2 is 1.79 bits per heavy atom. The van der Waals surface area contributed by atoms with Gasteiger partial charge in [0.1, 0.15) is 10.7 Å². The van der Waals surface area contributed by atoms with Crippen LogP contribution >= 0.6 is 0 Å². The fourth-order valence-electron chi connectivity index (χ4n) is 0.675. The molecule has 1 aromatic carbocycles. The van der Waals surface area contributed by atoms with Gasteiger partial charge in [0, 0.05) is 0 Å². The first-order valence-electron chi connectivity index (χ1n) is 3.28. The van der Waals surface area contributed by atoms with Crippen LogP contribution in [0.3, 0.4) is 0 Å². The van der Waals surface area contributed by atoms with Crippen molar-refractivity contribution >= 4 is 16.5 Å². The average molecular weight is 221 g/mol. The van der Waals surface area contributed by atoms with Crippen molar-refractivity contribution in [2.45, 2.75) is 4.90 Å². The molecule has 0 aromatic heterocycles. The van der Waals surface area contributed by atoms with Gasteiger partial charge in [-0.2, -0.15) is 0 Å². The fourth-order valence-corrected chi connectivity index (χ4v) is 1.28. The smallest absolute Gasteiger partial charge is 0.290 e. The molecule has 0 saturated carbocycles. The van der Waals surface area contributed by atoms with E-state index in [4.69, 9.17) is 9.90 Å². The average Bonchev–Trinajstić information content (AvgIpc) is 2.04. The van der Waals surface area contributed by atoms with E-state index in [0.29, 0.717) is 0 Å². The van der Waals surface area contributed by atoms with Gasteiger partial charge in [-0.1, -0.05) is 12.1 Å². The quantitative estimate of drug-likeness (QED) is 0.660. The summed E-state index contributed by atoms with van der Waals surface area (Å²) in [5.41, 5.74) is 0. The van der Waals surface area contributed by atoms with E-state index in [0.717, 1.165) is 12.1 Å². The second-order valence-corrected chi connectivity index (χ2v) is 3.61. The molecule has 0 atom stereocenters. The van der Waals surface area contributed by atoms with Crippen LogP contribution < -0.4 is 5.14 Å². The third-order valence-electron chi connectivity index (χ3n) is 1.14. The summed E-state index contributed by atoms with van der Waals surface area (Å²) in [5.74, 6) is -0.824. The van der Waals surface area contributed by atoms with Crippen LogP contribution in [0, 0.1) is 5.82 Å². The molecule has 0 bridgehead atoms. The Morgan fingerprint density at radius 3 is 2.07 bits per heavy atom. The molecule has 1 aromatic rings. The van der Waals surface area contributed by atoms with Crippen LogP contribution in [0.4, 0.5) is 4.39 Å². The summed E-state index contributed by atoms with van der Waals surface area (Å²) in [7, 11) is -3.91. The number of rotatable bonds is 1. The molecule has 0 unspecified atom stereocenters. The lowest BCUT2D eigenvalue weighted by atomic mass is 10.4. The van der Waals surface area contributed by atoms with Crippen LogP contribution in [-0.4, -0.2) is 20.0 Å². The number of hydrogen-bond acceptors (Lipinski definition) is 3. The zero-order valence-electron chi connectivity index (χ0n) is 6.92. The highest BCUT2D eigenvalue weighted by molar-refractivity contribution is 7.89. The Hall–Kier alpha value is -1.47. The molecule has 14 heavy (non-hydrogen) atoms. The molecular weight excluding hydrogens is 213 g/mol. The van der Waals surface area contributed by atoms with Gasteiger partial charge in [0.2, 0.25) is 10.0 Å². The van der Waals surface area contributed by atoms with Crippen LogP contribution in [0.25, 0.3) is 0 Å². The number of hydrogen-bond donors (Lipinski definition) is 2. The number of carboxylic acid groups (broad SMARTS) is 1. The summed E-state index contributed by atoms with van der Waals surface area (Å²) in [5, 5.41) is 11.6. The molecule has 0 amide bonds. The van der Waals surface area contributed by atoms with E-state index >= 15 is 0 Å². The Bertz CT molecular complexity index is 404.